The van der Waals surface area contributed by atoms with Crippen molar-refractivity contribution in [3.63, 3.8) is 0 Å². The van der Waals surface area contributed by atoms with Crippen molar-refractivity contribution < 1.29 is 4.79 Å². The van der Waals surface area contributed by atoms with Crippen LogP contribution in [0, 0.1) is 24.7 Å². The van der Waals surface area contributed by atoms with E-state index in [1.807, 2.05) is 5.38 Å². The highest BCUT2D eigenvalue weighted by Gasteiger charge is 2.51. The van der Waals surface area contributed by atoms with Gasteiger partial charge in [-0.2, -0.15) is 0 Å². The normalized spacial score (nSPS) is 29.6. The Labute approximate surface area is 183 Å². The molecule has 4 aliphatic carbocycles. The molecule has 4 fully saturated rings. The molecule has 3 heterocycles. The van der Waals surface area contributed by atoms with Gasteiger partial charge in [0.15, 0.2) is 0 Å². The van der Waals surface area contributed by atoms with E-state index in [4.69, 9.17) is 0 Å². The van der Waals surface area contributed by atoms with Crippen LogP contribution in [0.2, 0.25) is 0 Å². The minimum atomic E-state index is -0.122. The number of nitrogens with zero attached hydrogens (tertiary/aromatic N) is 2. The maximum Gasteiger partial charge on any atom is 0.263 e. The first-order valence-electron chi connectivity index (χ1n) is 10.8. The minimum Gasteiger partial charge on any atom is -0.349 e. The molecule has 0 aliphatic heterocycles. The number of carbonyl (C=O) groups excluding carboxylic acids is 1. The lowest BCUT2D eigenvalue weighted by Crippen LogP contribution is -2.60. The van der Waals surface area contributed by atoms with Crippen molar-refractivity contribution >= 4 is 38.8 Å². The van der Waals surface area contributed by atoms with Crippen molar-refractivity contribution in [1.82, 2.24) is 14.9 Å². The first-order valence-corrected chi connectivity index (χ1v) is 12.5. The fourth-order valence-corrected chi connectivity index (χ4v) is 8.46. The predicted molar refractivity (Wildman–Crippen MR) is 121 cm³/mol. The fraction of sp³-hybridized carbons (Fsp3) is 0.522. The Balaban J connectivity index is 1.27. The van der Waals surface area contributed by atoms with Crippen LogP contribution in [0.15, 0.2) is 28.6 Å². The summed E-state index contributed by atoms with van der Waals surface area (Å²) in [4.78, 5) is 33.7. The van der Waals surface area contributed by atoms with Gasteiger partial charge in [0.05, 0.1) is 11.7 Å². The van der Waals surface area contributed by atoms with Gasteiger partial charge in [-0.1, -0.05) is 0 Å². The molecule has 4 aliphatic rings. The number of carbonyl (C=O) groups is 1. The number of thiophene rings is 2. The van der Waals surface area contributed by atoms with Crippen LogP contribution in [-0.4, -0.2) is 21.0 Å². The first kappa shape index (κ1) is 18.8. The van der Waals surface area contributed by atoms with Crippen LogP contribution in [0.25, 0.3) is 20.7 Å². The maximum absolute atomic E-state index is 13.2. The zero-order chi connectivity index (χ0) is 20.5. The van der Waals surface area contributed by atoms with Crippen molar-refractivity contribution in [2.24, 2.45) is 17.8 Å². The molecule has 0 aromatic carbocycles. The number of aromatic nitrogens is 2. The molecule has 156 valence electrons. The van der Waals surface area contributed by atoms with Crippen LogP contribution < -0.4 is 10.9 Å². The van der Waals surface area contributed by atoms with Gasteiger partial charge in [-0.15, -0.1) is 22.7 Å². The highest BCUT2D eigenvalue weighted by atomic mass is 32.1. The second-order valence-electron chi connectivity index (χ2n) is 9.66. The predicted octanol–water partition coefficient (Wildman–Crippen LogP) is 4.58. The maximum atomic E-state index is 13.2. The summed E-state index contributed by atoms with van der Waals surface area (Å²) in [5.74, 6) is 2.28. The lowest BCUT2D eigenvalue weighted by atomic mass is 9.53. The monoisotopic (exact) mass is 439 g/mol. The van der Waals surface area contributed by atoms with Gasteiger partial charge in [-0.3, -0.25) is 14.2 Å². The second kappa shape index (κ2) is 6.76. The number of fused-ring (bicyclic) bond motifs is 1. The SMILES string of the molecule is Cc1ccc(-c2csc3ncn(CC(=O)NC45CC6CC(CC(C6)C4)C5)c(=O)c23)s1. The molecule has 0 radical (unpaired) electrons. The van der Waals surface area contributed by atoms with Crippen molar-refractivity contribution in [1.29, 1.82) is 0 Å². The fourth-order valence-electron chi connectivity index (χ4n) is 6.59. The van der Waals surface area contributed by atoms with Crippen molar-refractivity contribution in [2.75, 3.05) is 0 Å². The number of aryl methyl sites for hydroxylation is 1. The van der Waals surface area contributed by atoms with Gasteiger partial charge in [0, 0.05) is 26.2 Å². The Kier molecular flexibility index (Phi) is 4.22. The van der Waals surface area contributed by atoms with Crippen molar-refractivity contribution in [3.8, 4) is 10.4 Å². The zero-order valence-electron chi connectivity index (χ0n) is 17.0. The van der Waals surface area contributed by atoms with E-state index in [0.717, 1.165) is 52.3 Å². The summed E-state index contributed by atoms with van der Waals surface area (Å²) in [5, 5.41) is 6.01. The summed E-state index contributed by atoms with van der Waals surface area (Å²) in [6.45, 7) is 2.11. The smallest absolute Gasteiger partial charge is 0.263 e. The van der Waals surface area contributed by atoms with Gasteiger partial charge >= 0.3 is 0 Å². The Morgan fingerprint density at radius 2 is 1.90 bits per heavy atom. The summed E-state index contributed by atoms with van der Waals surface area (Å²) in [7, 11) is 0. The van der Waals surface area contributed by atoms with E-state index < -0.39 is 0 Å². The van der Waals surface area contributed by atoms with Gasteiger partial charge in [-0.05, 0) is 75.3 Å². The Bertz CT molecular complexity index is 1170. The van der Waals surface area contributed by atoms with Gasteiger partial charge in [0.25, 0.3) is 5.56 Å². The molecule has 7 heteroatoms. The number of hydrogen-bond donors (Lipinski definition) is 1. The molecule has 3 aromatic rings. The molecule has 30 heavy (non-hydrogen) atoms. The first-order chi connectivity index (χ1) is 14.5. The summed E-state index contributed by atoms with van der Waals surface area (Å²) in [5.41, 5.74) is 0.777. The number of amides is 1. The van der Waals surface area contributed by atoms with Gasteiger partial charge in [0.1, 0.15) is 11.4 Å². The second-order valence-corrected chi connectivity index (χ2v) is 11.8. The lowest BCUT2D eigenvalue weighted by Gasteiger charge is -2.56. The van der Waals surface area contributed by atoms with Crippen LogP contribution in [-0.2, 0) is 11.3 Å². The van der Waals surface area contributed by atoms with E-state index in [1.165, 1.54) is 46.4 Å². The van der Waals surface area contributed by atoms with Gasteiger partial charge in [0.2, 0.25) is 5.91 Å². The van der Waals surface area contributed by atoms with Crippen LogP contribution in [0.3, 0.4) is 0 Å². The molecule has 0 atom stereocenters. The lowest BCUT2D eigenvalue weighted by molar-refractivity contribution is -0.127. The topological polar surface area (TPSA) is 64.0 Å². The van der Waals surface area contributed by atoms with E-state index in [1.54, 1.807) is 11.3 Å². The van der Waals surface area contributed by atoms with Crippen molar-refractivity contribution in [2.45, 2.75) is 57.5 Å². The molecule has 5 nitrogen and oxygen atoms in total. The molecule has 4 saturated carbocycles. The molecule has 3 aromatic heterocycles. The molecular weight excluding hydrogens is 414 g/mol. The Hall–Kier alpha value is -1.99. The summed E-state index contributed by atoms with van der Waals surface area (Å²) >= 11 is 3.16. The van der Waals surface area contributed by atoms with E-state index in [2.05, 4.69) is 29.4 Å². The molecule has 0 saturated heterocycles. The van der Waals surface area contributed by atoms with E-state index in [0.29, 0.717) is 5.39 Å². The molecule has 0 unspecified atom stereocenters. The Morgan fingerprint density at radius 3 is 2.53 bits per heavy atom. The van der Waals surface area contributed by atoms with Crippen LogP contribution in [0.1, 0.15) is 43.4 Å². The highest BCUT2D eigenvalue weighted by Crippen LogP contribution is 2.55. The average molecular weight is 440 g/mol. The van der Waals surface area contributed by atoms with E-state index >= 15 is 0 Å². The highest BCUT2D eigenvalue weighted by molar-refractivity contribution is 7.19. The molecule has 1 N–H and O–H groups in total. The molecule has 7 rings (SSSR count). The zero-order valence-corrected chi connectivity index (χ0v) is 18.7. The van der Waals surface area contributed by atoms with Crippen LogP contribution in [0.4, 0.5) is 0 Å². The number of hydrogen-bond acceptors (Lipinski definition) is 5. The summed E-state index contributed by atoms with van der Waals surface area (Å²) < 4.78 is 1.48. The minimum absolute atomic E-state index is 0.0327. The molecule has 0 spiro atoms. The van der Waals surface area contributed by atoms with Gasteiger partial charge < -0.3 is 5.32 Å². The Morgan fingerprint density at radius 1 is 1.20 bits per heavy atom. The van der Waals surface area contributed by atoms with Crippen LogP contribution in [0.5, 0.6) is 0 Å². The van der Waals surface area contributed by atoms with Crippen molar-refractivity contribution in [3.05, 3.63) is 39.1 Å². The van der Waals surface area contributed by atoms with E-state index in [-0.39, 0.29) is 23.6 Å². The largest absolute Gasteiger partial charge is 0.349 e. The van der Waals surface area contributed by atoms with Gasteiger partial charge in [-0.25, -0.2) is 4.98 Å². The number of nitrogens with one attached hydrogen (secondary N) is 1. The third kappa shape index (κ3) is 3.05. The molecule has 4 bridgehead atoms. The molecule has 1 amide bonds. The summed E-state index contributed by atoms with van der Waals surface area (Å²) in [6, 6.07) is 4.12. The number of rotatable bonds is 4. The molecular formula is C23H25N3O2S2. The third-order valence-electron chi connectivity index (χ3n) is 7.32. The van der Waals surface area contributed by atoms with E-state index in [9.17, 15) is 9.59 Å². The van der Waals surface area contributed by atoms with Crippen LogP contribution >= 0.6 is 22.7 Å². The quantitative estimate of drug-likeness (QED) is 0.647. The standard InChI is InChI=1S/C23H25N3O2S2/c1-13-2-3-18(30-13)17-11-29-21-20(17)22(28)26(12-24-21)10-19(27)25-23-7-14-4-15(8-23)6-16(5-14)9-23/h2-3,11-12,14-16H,4-10H2,1H3,(H,25,27). The third-order valence-corrected chi connectivity index (χ3v) is 9.24. The average Bonchev–Trinajstić information content (AvgIpc) is 3.29. The summed E-state index contributed by atoms with van der Waals surface area (Å²) in [6.07, 6.45) is 8.91.